The van der Waals surface area contributed by atoms with E-state index < -0.39 is 53.6 Å². The summed E-state index contributed by atoms with van der Waals surface area (Å²) in [6.45, 7) is 3.57. The molecule has 1 aromatic rings. The van der Waals surface area contributed by atoms with Crippen molar-refractivity contribution >= 4 is 35.3 Å². The summed E-state index contributed by atoms with van der Waals surface area (Å²) in [5.74, 6) is -5.27. The third-order valence-corrected chi connectivity index (χ3v) is 6.10. The Balaban J connectivity index is 0.000000745. The summed E-state index contributed by atoms with van der Waals surface area (Å²) in [7, 11) is 1.48. The summed E-state index contributed by atoms with van der Waals surface area (Å²) in [6.07, 6.45) is -5.87. The van der Waals surface area contributed by atoms with Crippen molar-refractivity contribution in [3.8, 4) is 0 Å². The average molecular weight is 599 g/mol. The normalized spacial score (nSPS) is 19.0. The van der Waals surface area contributed by atoms with Crippen LogP contribution in [0, 0.1) is 11.6 Å². The highest BCUT2D eigenvalue weighted by Gasteiger charge is 2.41. The minimum absolute atomic E-state index is 0.0191. The number of amides is 2. The van der Waals surface area contributed by atoms with Crippen LogP contribution < -0.4 is 20.9 Å². The summed E-state index contributed by atoms with van der Waals surface area (Å²) in [5.41, 5.74) is 4.47. The topological polar surface area (TPSA) is 161 Å². The van der Waals surface area contributed by atoms with E-state index in [1.54, 1.807) is 0 Å². The number of benzene rings is 1. The number of cyclic esters (lactones) is 1. The molecule has 2 amide bonds. The van der Waals surface area contributed by atoms with Crippen molar-refractivity contribution < 1.29 is 60.4 Å². The number of nitrogens with one attached hydrogen (secondary N) is 1. The van der Waals surface area contributed by atoms with E-state index >= 15 is 8.78 Å². The Labute approximate surface area is 231 Å². The van der Waals surface area contributed by atoms with E-state index in [0.29, 0.717) is 12.8 Å². The number of anilines is 2. The Kier molecular flexibility index (Phi) is 11.2. The van der Waals surface area contributed by atoms with Gasteiger partial charge in [0.05, 0.1) is 25.4 Å². The van der Waals surface area contributed by atoms with E-state index in [9.17, 15) is 27.6 Å². The highest BCUT2D eigenvalue weighted by molar-refractivity contribution is 5.90. The van der Waals surface area contributed by atoms with Gasteiger partial charge in [-0.2, -0.15) is 13.2 Å². The van der Waals surface area contributed by atoms with E-state index in [4.69, 9.17) is 29.8 Å². The number of nitrogens with zero attached hydrogens (tertiary/aromatic N) is 2. The lowest BCUT2D eigenvalue weighted by atomic mass is 9.91. The molecule has 0 aromatic heterocycles. The Morgan fingerprint density at radius 3 is 2.20 bits per heavy atom. The number of hydrogen-bond donors (Lipinski definition) is 3. The zero-order valence-electron chi connectivity index (χ0n) is 22.4. The number of esters is 1. The number of rotatable bonds is 8. The highest BCUT2D eigenvalue weighted by Crippen LogP contribution is 2.35. The van der Waals surface area contributed by atoms with Crippen molar-refractivity contribution in [3.05, 3.63) is 23.8 Å². The van der Waals surface area contributed by atoms with Crippen LogP contribution in [0.1, 0.15) is 26.7 Å². The molecule has 41 heavy (non-hydrogen) atoms. The lowest BCUT2D eigenvalue weighted by molar-refractivity contribution is -0.192. The van der Waals surface area contributed by atoms with E-state index in [2.05, 4.69) is 5.32 Å². The van der Waals surface area contributed by atoms with E-state index in [1.807, 2.05) is 0 Å². The van der Waals surface area contributed by atoms with Gasteiger partial charge in [-0.3, -0.25) is 14.5 Å². The molecule has 2 aliphatic heterocycles. The van der Waals surface area contributed by atoms with Crippen molar-refractivity contribution in [3.63, 3.8) is 0 Å². The Morgan fingerprint density at radius 1 is 1.22 bits per heavy atom. The molecule has 230 valence electrons. The van der Waals surface area contributed by atoms with Gasteiger partial charge in [-0.25, -0.2) is 18.4 Å². The SMILES string of the molecule is COCC1(OC(=O)C(C)N)CCN(c2c(F)cc(N3C[C@H](CNC(C)=O)OC3=O)cc2F)CC1.O=C(O)C(F)(F)F. The van der Waals surface area contributed by atoms with Gasteiger partial charge in [-0.05, 0) is 6.92 Å². The maximum absolute atomic E-state index is 15.0. The number of carbonyl (C=O) groups is 4. The molecule has 0 saturated carbocycles. The molecule has 4 N–H and O–H groups in total. The summed E-state index contributed by atoms with van der Waals surface area (Å²) in [6, 6.07) is 1.35. The van der Waals surface area contributed by atoms with Crippen molar-refractivity contribution in [2.45, 2.75) is 50.6 Å². The number of hydrogen-bond acceptors (Lipinski definition) is 9. The lowest BCUT2D eigenvalue weighted by Gasteiger charge is -2.42. The summed E-state index contributed by atoms with van der Waals surface area (Å²) in [5, 5.41) is 9.67. The van der Waals surface area contributed by atoms with Crippen LogP contribution in [0.2, 0.25) is 0 Å². The first-order valence-corrected chi connectivity index (χ1v) is 12.2. The number of aliphatic carboxylic acids is 1. The van der Waals surface area contributed by atoms with Crippen LogP contribution in [-0.4, -0.2) is 92.9 Å². The van der Waals surface area contributed by atoms with Crippen molar-refractivity contribution in [1.29, 1.82) is 0 Å². The van der Waals surface area contributed by atoms with Crippen LogP contribution in [-0.2, 0) is 28.6 Å². The van der Waals surface area contributed by atoms with Gasteiger partial charge in [0.15, 0.2) is 11.6 Å². The van der Waals surface area contributed by atoms with Crippen molar-refractivity contribution in [2.24, 2.45) is 5.73 Å². The van der Waals surface area contributed by atoms with E-state index in [1.165, 1.54) is 25.9 Å². The monoisotopic (exact) mass is 598 g/mol. The van der Waals surface area contributed by atoms with Crippen LogP contribution in [0.5, 0.6) is 0 Å². The van der Waals surface area contributed by atoms with Gasteiger partial charge in [0.2, 0.25) is 5.91 Å². The summed E-state index contributed by atoms with van der Waals surface area (Å²) in [4.78, 5) is 46.8. The molecule has 3 rings (SSSR count). The molecule has 12 nitrogen and oxygen atoms in total. The first-order chi connectivity index (χ1) is 19.0. The number of carboxylic acids is 1. The average Bonchev–Trinajstić information content (AvgIpc) is 3.24. The van der Waals surface area contributed by atoms with Gasteiger partial charge in [0.1, 0.15) is 23.4 Å². The number of methoxy groups -OCH3 is 1. The predicted octanol–water partition coefficient (Wildman–Crippen LogP) is 1.94. The molecular weight excluding hydrogens is 567 g/mol. The second kappa shape index (κ2) is 13.8. The maximum atomic E-state index is 15.0. The van der Waals surface area contributed by atoms with Gasteiger partial charge in [0, 0.05) is 52.1 Å². The maximum Gasteiger partial charge on any atom is 0.490 e. The standard InChI is InChI=1S/C22H30F2N4O6.C2HF3O2/c1-13(25)20(30)34-22(12-32-3)4-6-27(7-5-22)19-17(23)8-15(9-18(19)24)28-11-16(33-21(28)31)10-26-14(2)29;3-2(4,5)1(6)7/h8-9,13,16H,4-7,10-12,25H2,1-3H3,(H,26,29);(H,6,7)/t13?,16-;/m0./s1. The lowest BCUT2D eigenvalue weighted by Crippen LogP contribution is -2.51. The van der Waals surface area contributed by atoms with Gasteiger partial charge >= 0.3 is 24.2 Å². The number of halogens is 5. The van der Waals surface area contributed by atoms with Crippen LogP contribution in [0.25, 0.3) is 0 Å². The Bertz CT molecular complexity index is 1100. The molecule has 1 unspecified atom stereocenters. The van der Waals surface area contributed by atoms with Gasteiger partial charge in [-0.1, -0.05) is 0 Å². The molecular formula is C24H31F5N4O8. The Hall–Kier alpha value is -3.73. The summed E-state index contributed by atoms with van der Waals surface area (Å²) >= 11 is 0. The zero-order valence-corrected chi connectivity index (χ0v) is 22.4. The fraction of sp³-hybridized carbons (Fsp3) is 0.583. The molecule has 0 aliphatic carbocycles. The first kappa shape index (κ1) is 33.5. The molecule has 2 fully saturated rings. The predicted molar refractivity (Wildman–Crippen MR) is 132 cm³/mol. The van der Waals surface area contributed by atoms with Crippen LogP contribution in [0.4, 0.5) is 38.1 Å². The van der Waals surface area contributed by atoms with Crippen molar-refractivity contribution in [1.82, 2.24) is 5.32 Å². The second-order valence-electron chi connectivity index (χ2n) is 9.43. The van der Waals surface area contributed by atoms with Gasteiger partial charge < -0.3 is 35.3 Å². The van der Waals surface area contributed by atoms with Crippen LogP contribution in [0.15, 0.2) is 12.1 Å². The van der Waals surface area contributed by atoms with Crippen LogP contribution >= 0.6 is 0 Å². The molecule has 0 spiro atoms. The highest BCUT2D eigenvalue weighted by atomic mass is 19.4. The van der Waals surface area contributed by atoms with Gasteiger partial charge in [-0.15, -0.1) is 0 Å². The number of ether oxygens (including phenoxy) is 3. The third-order valence-electron chi connectivity index (χ3n) is 6.10. The van der Waals surface area contributed by atoms with Crippen LogP contribution in [0.3, 0.4) is 0 Å². The zero-order chi connectivity index (χ0) is 31.1. The molecule has 2 aliphatic rings. The number of piperidine rings is 1. The molecule has 1 aromatic carbocycles. The number of alkyl halides is 3. The van der Waals surface area contributed by atoms with E-state index in [-0.39, 0.29) is 50.1 Å². The van der Waals surface area contributed by atoms with Gasteiger partial charge in [0.25, 0.3) is 0 Å². The second-order valence-corrected chi connectivity index (χ2v) is 9.43. The largest absolute Gasteiger partial charge is 0.490 e. The molecule has 2 heterocycles. The Morgan fingerprint density at radius 2 is 1.76 bits per heavy atom. The number of carbonyl (C=O) groups excluding carboxylic acids is 3. The third kappa shape index (κ3) is 9.14. The molecule has 17 heteroatoms. The van der Waals surface area contributed by atoms with Crippen molar-refractivity contribution in [2.75, 3.05) is 49.7 Å². The number of carboxylic acid groups (broad SMARTS) is 1. The molecule has 0 radical (unpaired) electrons. The first-order valence-electron chi connectivity index (χ1n) is 12.2. The molecule has 2 atom stereocenters. The molecule has 0 bridgehead atoms. The summed E-state index contributed by atoms with van der Waals surface area (Å²) < 4.78 is 77.8. The fourth-order valence-corrected chi connectivity index (χ4v) is 4.09. The molecule has 2 saturated heterocycles. The fourth-order valence-electron chi connectivity index (χ4n) is 4.09. The quantitative estimate of drug-likeness (QED) is 0.298. The minimum Gasteiger partial charge on any atom is -0.475 e. The minimum atomic E-state index is -5.08. The number of nitrogens with two attached hydrogens (primary N) is 1. The smallest absolute Gasteiger partial charge is 0.475 e. The van der Waals surface area contributed by atoms with E-state index in [0.717, 1.165) is 17.0 Å².